The van der Waals surface area contributed by atoms with Gasteiger partial charge < -0.3 is 16.0 Å². The minimum atomic E-state index is 0.230. The third-order valence-electron chi connectivity index (χ3n) is 3.42. The first-order valence-corrected chi connectivity index (χ1v) is 6.92. The number of nitrogens with one attached hydrogen (secondary N) is 1. The maximum atomic E-state index is 5.98. The van der Waals surface area contributed by atoms with E-state index in [0.717, 1.165) is 25.9 Å². The summed E-state index contributed by atoms with van der Waals surface area (Å²) in [6.45, 7) is 8.14. The van der Waals surface area contributed by atoms with Crippen molar-refractivity contribution in [1.29, 1.82) is 0 Å². The molecular weight excluding hydrogens is 262 g/mol. The van der Waals surface area contributed by atoms with E-state index in [4.69, 9.17) is 17.3 Å². The SMILES string of the molecule is C=C1CCC(C)N1CCCNc1nc(N)ncc1Cl. The van der Waals surface area contributed by atoms with Crippen LogP contribution >= 0.6 is 11.6 Å². The maximum Gasteiger partial charge on any atom is 0.222 e. The van der Waals surface area contributed by atoms with Crippen LogP contribution in [-0.2, 0) is 0 Å². The Morgan fingerprint density at radius 3 is 3.11 bits per heavy atom. The lowest BCUT2D eigenvalue weighted by Gasteiger charge is -2.24. The summed E-state index contributed by atoms with van der Waals surface area (Å²) in [7, 11) is 0. The summed E-state index contributed by atoms with van der Waals surface area (Å²) in [4.78, 5) is 10.3. The summed E-state index contributed by atoms with van der Waals surface area (Å²) in [6, 6.07) is 0.603. The number of rotatable bonds is 5. The molecule has 3 N–H and O–H groups in total. The van der Waals surface area contributed by atoms with E-state index >= 15 is 0 Å². The van der Waals surface area contributed by atoms with Gasteiger partial charge in [0, 0.05) is 24.8 Å². The first kappa shape index (κ1) is 13.9. The Labute approximate surface area is 118 Å². The van der Waals surface area contributed by atoms with Gasteiger partial charge in [0.1, 0.15) is 10.8 Å². The minimum absolute atomic E-state index is 0.230. The highest BCUT2D eigenvalue weighted by Gasteiger charge is 2.21. The first-order chi connectivity index (χ1) is 9.08. The number of aromatic nitrogens is 2. The second kappa shape index (κ2) is 6.10. The first-order valence-electron chi connectivity index (χ1n) is 6.54. The Balaban J connectivity index is 1.78. The average molecular weight is 282 g/mol. The van der Waals surface area contributed by atoms with Crippen LogP contribution in [0.5, 0.6) is 0 Å². The molecule has 1 unspecified atom stereocenters. The molecule has 2 rings (SSSR count). The van der Waals surface area contributed by atoms with Crippen LogP contribution in [0.1, 0.15) is 26.2 Å². The van der Waals surface area contributed by atoms with E-state index in [9.17, 15) is 0 Å². The van der Waals surface area contributed by atoms with Gasteiger partial charge in [0.25, 0.3) is 0 Å². The zero-order valence-electron chi connectivity index (χ0n) is 11.2. The van der Waals surface area contributed by atoms with E-state index in [1.165, 1.54) is 18.3 Å². The summed E-state index contributed by atoms with van der Waals surface area (Å²) >= 11 is 5.98. The number of hydrogen-bond acceptors (Lipinski definition) is 5. The fraction of sp³-hybridized carbons (Fsp3) is 0.538. The van der Waals surface area contributed by atoms with Crippen LogP contribution in [0.25, 0.3) is 0 Å². The van der Waals surface area contributed by atoms with E-state index in [-0.39, 0.29) is 5.95 Å². The maximum absolute atomic E-state index is 5.98. The number of hydrogen-bond donors (Lipinski definition) is 2. The molecule has 0 spiro atoms. The van der Waals surface area contributed by atoms with Crippen molar-refractivity contribution in [3.63, 3.8) is 0 Å². The molecule has 0 bridgehead atoms. The number of nitrogens with zero attached hydrogens (tertiary/aromatic N) is 3. The summed E-state index contributed by atoms with van der Waals surface area (Å²) in [5.74, 6) is 0.830. The number of allylic oxidation sites excluding steroid dienone is 1. The largest absolute Gasteiger partial charge is 0.373 e. The van der Waals surface area contributed by atoms with E-state index in [1.54, 1.807) is 0 Å². The third-order valence-corrected chi connectivity index (χ3v) is 3.70. The predicted molar refractivity (Wildman–Crippen MR) is 79.1 cm³/mol. The van der Waals surface area contributed by atoms with E-state index in [2.05, 4.69) is 33.7 Å². The molecule has 19 heavy (non-hydrogen) atoms. The summed E-state index contributed by atoms with van der Waals surface area (Å²) in [5, 5.41) is 3.68. The minimum Gasteiger partial charge on any atom is -0.373 e. The van der Waals surface area contributed by atoms with Crippen LogP contribution in [0, 0.1) is 0 Å². The fourth-order valence-electron chi connectivity index (χ4n) is 2.33. The highest BCUT2D eigenvalue weighted by Crippen LogP contribution is 2.25. The molecule has 0 amide bonds. The van der Waals surface area contributed by atoms with Crippen molar-refractivity contribution in [3.05, 3.63) is 23.5 Å². The Bertz CT molecular complexity index is 462. The molecule has 5 nitrogen and oxygen atoms in total. The molecule has 0 radical (unpaired) electrons. The predicted octanol–water partition coefficient (Wildman–Crippen LogP) is 2.51. The van der Waals surface area contributed by atoms with E-state index in [0.29, 0.717) is 16.9 Å². The third kappa shape index (κ3) is 3.50. The quantitative estimate of drug-likeness (QED) is 0.812. The molecule has 0 aliphatic carbocycles. The fourth-order valence-corrected chi connectivity index (χ4v) is 2.48. The molecule has 1 atom stereocenters. The Morgan fingerprint density at radius 2 is 2.42 bits per heavy atom. The Kier molecular flexibility index (Phi) is 4.47. The van der Waals surface area contributed by atoms with Gasteiger partial charge in [0.05, 0.1) is 6.20 Å². The molecular formula is C13H20ClN5. The Hall–Kier alpha value is -1.49. The van der Waals surface area contributed by atoms with Gasteiger partial charge in [-0.05, 0) is 26.2 Å². The van der Waals surface area contributed by atoms with Crippen molar-refractivity contribution in [3.8, 4) is 0 Å². The molecule has 1 fully saturated rings. The smallest absolute Gasteiger partial charge is 0.222 e. The van der Waals surface area contributed by atoms with Crippen LogP contribution in [-0.4, -0.2) is 34.0 Å². The molecule has 1 aliphatic heterocycles. The van der Waals surface area contributed by atoms with Crippen LogP contribution < -0.4 is 11.1 Å². The second-order valence-corrected chi connectivity index (χ2v) is 5.26. The van der Waals surface area contributed by atoms with Crippen molar-refractivity contribution in [1.82, 2.24) is 14.9 Å². The number of likely N-dealkylation sites (tertiary alicyclic amines) is 1. The molecule has 1 aromatic rings. The number of nitrogens with two attached hydrogens (primary N) is 1. The van der Waals surface area contributed by atoms with Crippen LogP contribution in [0.2, 0.25) is 5.02 Å². The normalized spacial score (nSPS) is 18.9. The Morgan fingerprint density at radius 1 is 1.63 bits per heavy atom. The van der Waals surface area contributed by atoms with Gasteiger partial charge >= 0.3 is 0 Å². The van der Waals surface area contributed by atoms with Gasteiger partial charge in [0.15, 0.2) is 0 Å². The molecule has 0 aromatic carbocycles. The summed E-state index contributed by atoms with van der Waals surface area (Å²) in [6.07, 6.45) is 4.84. The van der Waals surface area contributed by atoms with Crippen molar-refractivity contribution >= 4 is 23.4 Å². The number of anilines is 2. The van der Waals surface area contributed by atoms with Gasteiger partial charge in [0.2, 0.25) is 5.95 Å². The van der Waals surface area contributed by atoms with Gasteiger partial charge in [-0.25, -0.2) is 4.98 Å². The molecule has 1 saturated heterocycles. The van der Waals surface area contributed by atoms with Gasteiger partial charge in [-0.15, -0.1) is 0 Å². The number of halogens is 1. The molecule has 1 aliphatic rings. The second-order valence-electron chi connectivity index (χ2n) is 4.85. The molecule has 1 aromatic heterocycles. The zero-order valence-corrected chi connectivity index (χ0v) is 12.0. The van der Waals surface area contributed by atoms with Crippen molar-refractivity contribution in [2.24, 2.45) is 0 Å². The molecule has 2 heterocycles. The summed E-state index contributed by atoms with van der Waals surface area (Å²) in [5.41, 5.74) is 6.77. The highest BCUT2D eigenvalue weighted by molar-refractivity contribution is 6.32. The lowest BCUT2D eigenvalue weighted by molar-refractivity contribution is 0.310. The molecule has 0 saturated carbocycles. The van der Waals surface area contributed by atoms with E-state index < -0.39 is 0 Å². The van der Waals surface area contributed by atoms with Crippen LogP contribution in [0.3, 0.4) is 0 Å². The highest BCUT2D eigenvalue weighted by atomic mass is 35.5. The lowest BCUT2D eigenvalue weighted by Crippen LogP contribution is -2.27. The average Bonchev–Trinajstić information content (AvgIpc) is 2.69. The van der Waals surface area contributed by atoms with Crippen molar-refractivity contribution in [2.45, 2.75) is 32.2 Å². The van der Waals surface area contributed by atoms with Gasteiger partial charge in [-0.1, -0.05) is 18.2 Å². The topological polar surface area (TPSA) is 67.1 Å². The lowest BCUT2D eigenvalue weighted by atomic mass is 10.2. The van der Waals surface area contributed by atoms with Crippen LogP contribution in [0.4, 0.5) is 11.8 Å². The monoisotopic (exact) mass is 281 g/mol. The van der Waals surface area contributed by atoms with Crippen LogP contribution in [0.15, 0.2) is 18.5 Å². The van der Waals surface area contributed by atoms with Crippen molar-refractivity contribution in [2.75, 3.05) is 24.1 Å². The van der Waals surface area contributed by atoms with Gasteiger partial charge in [-0.2, -0.15) is 4.98 Å². The van der Waals surface area contributed by atoms with Gasteiger partial charge in [-0.3, -0.25) is 0 Å². The summed E-state index contributed by atoms with van der Waals surface area (Å²) < 4.78 is 0. The molecule has 6 heteroatoms. The van der Waals surface area contributed by atoms with E-state index in [1.807, 2.05) is 0 Å². The zero-order chi connectivity index (χ0) is 13.8. The number of nitrogen functional groups attached to an aromatic ring is 1. The standard InChI is InChI=1S/C13H20ClN5/c1-9-4-5-10(2)19(9)7-3-6-16-12-11(14)8-17-13(15)18-12/h8,10H,1,3-7H2,2H3,(H3,15,16,17,18). The molecule has 104 valence electrons. The van der Waals surface area contributed by atoms with Crippen molar-refractivity contribution < 1.29 is 0 Å².